The fourth-order valence-corrected chi connectivity index (χ4v) is 2.08. The van der Waals surface area contributed by atoms with E-state index in [9.17, 15) is 4.79 Å². The predicted molar refractivity (Wildman–Crippen MR) is 57.8 cm³/mol. The molecule has 2 rings (SSSR count). The van der Waals surface area contributed by atoms with Gasteiger partial charge in [-0.1, -0.05) is 0 Å². The van der Waals surface area contributed by atoms with Crippen molar-refractivity contribution < 1.29 is 9.53 Å². The number of ether oxygens (including phenoxy) is 1. The van der Waals surface area contributed by atoms with Crippen molar-refractivity contribution in [3.63, 3.8) is 0 Å². The first-order valence-corrected chi connectivity index (χ1v) is 5.58. The van der Waals surface area contributed by atoms with Crippen LogP contribution in [0, 0.1) is 6.92 Å². The average Bonchev–Trinajstić information content (AvgIpc) is 2.76. The second-order valence-corrected chi connectivity index (χ2v) is 4.56. The fraction of sp³-hybridized carbons (Fsp3) is 0.556. The highest BCUT2D eigenvalue weighted by Crippen LogP contribution is 2.20. The molecule has 6 heteroatoms. The van der Waals surface area contributed by atoms with Crippen LogP contribution in [0.4, 0.5) is 5.13 Å². The van der Waals surface area contributed by atoms with Crippen LogP contribution < -0.4 is 11.1 Å². The Morgan fingerprint density at radius 1 is 1.80 bits per heavy atom. The first-order valence-electron chi connectivity index (χ1n) is 4.70. The minimum atomic E-state index is -0.889. The molecule has 3 N–H and O–H groups in total. The molecule has 1 amide bonds. The zero-order valence-corrected chi connectivity index (χ0v) is 9.26. The molecule has 0 bridgehead atoms. The number of carbonyl (C=O) groups is 1. The zero-order chi connectivity index (χ0) is 10.9. The van der Waals surface area contributed by atoms with Crippen molar-refractivity contribution in [2.75, 3.05) is 18.5 Å². The third kappa shape index (κ3) is 2.17. The molecular formula is C9H13N3O2S. The summed E-state index contributed by atoms with van der Waals surface area (Å²) >= 11 is 1.40. The number of aromatic nitrogens is 1. The summed E-state index contributed by atoms with van der Waals surface area (Å²) in [7, 11) is 0. The molecule has 5 nitrogen and oxygen atoms in total. The van der Waals surface area contributed by atoms with Crippen LogP contribution in [0.3, 0.4) is 0 Å². The zero-order valence-electron chi connectivity index (χ0n) is 8.45. The lowest BCUT2D eigenvalue weighted by Gasteiger charge is -2.19. The van der Waals surface area contributed by atoms with Crippen molar-refractivity contribution >= 4 is 22.4 Å². The molecule has 1 unspecified atom stereocenters. The van der Waals surface area contributed by atoms with Gasteiger partial charge in [0.15, 0.2) is 5.13 Å². The monoisotopic (exact) mass is 227 g/mol. The van der Waals surface area contributed by atoms with Crippen LogP contribution in [0.15, 0.2) is 5.38 Å². The topological polar surface area (TPSA) is 77.2 Å². The molecule has 0 saturated carbocycles. The molecule has 1 atom stereocenters. The maximum absolute atomic E-state index is 11.8. The first-order chi connectivity index (χ1) is 7.10. The van der Waals surface area contributed by atoms with E-state index in [1.165, 1.54) is 11.3 Å². The van der Waals surface area contributed by atoms with Crippen molar-refractivity contribution in [2.45, 2.75) is 18.9 Å². The lowest BCUT2D eigenvalue weighted by Crippen LogP contribution is -2.51. The molecule has 1 aliphatic heterocycles. The lowest BCUT2D eigenvalue weighted by atomic mass is 10.00. The molecule has 1 aliphatic rings. The normalized spacial score (nSPS) is 25.5. The van der Waals surface area contributed by atoms with Gasteiger partial charge < -0.3 is 15.8 Å². The molecule has 0 aromatic carbocycles. The Hall–Kier alpha value is -0.980. The second kappa shape index (κ2) is 3.88. The number of hydrogen-bond acceptors (Lipinski definition) is 5. The Morgan fingerprint density at radius 3 is 3.13 bits per heavy atom. The summed E-state index contributed by atoms with van der Waals surface area (Å²) in [5, 5.41) is 5.18. The summed E-state index contributed by atoms with van der Waals surface area (Å²) < 4.78 is 5.12. The number of rotatable bonds is 2. The van der Waals surface area contributed by atoms with Gasteiger partial charge in [-0.05, 0) is 13.3 Å². The maximum atomic E-state index is 11.8. The molecular weight excluding hydrogens is 214 g/mol. The number of thiazole rings is 1. The summed E-state index contributed by atoms with van der Waals surface area (Å²) in [6.45, 7) is 2.70. The Bertz CT molecular complexity index is 371. The van der Waals surface area contributed by atoms with Crippen molar-refractivity contribution in [1.29, 1.82) is 0 Å². The quantitative estimate of drug-likeness (QED) is 0.771. The van der Waals surface area contributed by atoms with Crippen LogP contribution >= 0.6 is 11.3 Å². The van der Waals surface area contributed by atoms with E-state index in [0.29, 0.717) is 18.2 Å². The van der Waals surface area contributed by atoms with E-state index in [1.807, 2.05) is 12.3 Å². The highest BCUT2D eigenvalue weighted by atomic mass is 32.1. The minimum absolute atomic E-state index is 0.214. The number of nitrogens with two attached hydrogens (primary N) is 1. The minimum Gasteiger partial charge on any atom is -0.379 e. The van der Waals surface area contributed by atoms with Crippen LogP contribution in [0.25, 0.3) is 0 Å². The molecule has 15 heavy (non-hydrogen) atoms. The maximum Gasteiger partial charge on any atom is 0.248 e. The summed E-state index contributed by atoms with van der Waals surface area (Å²) in [5.41, 5.74) is 5.90. The van der Waals surface area contributed by atoms with Gasteiger partial charge in [0, 0.05) is 12.0 Å². The van der Waals surface area contributed by atoms with E-state index < -0.39 is 5.54 Å². The Morgan fingerprint density at radius 2 is 2.60 bits per heavy atom. The van der Waals surface area contributed by atoms with Crippen molar-refractivity contribution in [3.05, 3.63) is 11.1 Å². The second-order valence-electron chi connectivity index (χ2n) is 3.71. The lowest BCUT2D eigenvalue weighted by molar-refractivity contribution is -0.121. The standard InChI is InChI=1S/C9H13N3O2S/c1-6-4-15-8(11-6)12-7(13)9(10)2-3-14-5-9/h4H,2-3,5,10H2,1H3,(H,11,12,13). The molecule has 0 radical (unpaired) electrons. The highest BCUT2D eigenvalue weighted by Gasteiger charge is 2.38. The van der Waals surface area contributed by atoms with E-state index in [0.717, 1.165) is 5.69 Å². The molecule has 2 heterocycles. The molecule has 1 aromatic rings. The predicted octanol–water partition coefficient (Wildman–Crippen LogP) is 0.508. The van der Waals surface area contributed by atoms with Crippen LogP contribution in [0.2, 0.25) is 0 Å². The molecule has 1 aromatic heterocycles. The first kappa shape index (κ1) is 10.5. The number of nitrogens with one attached hydrogen (secondary N) is 1. The smallest absolute Gasteiger partial charge is 0.248 e. The van der Waals surface area contributed by atoms with Gasteiger partial charge >= 0.3 is 0 Å². The van der Waals surface area contributed by atoms with E-state index >= 15 is 0 Å². The summed E-state index contributed by atoms with van der Waals surface area (Å²) in [6.07, 6.45) is 0.559. The van der Waals surface area contributed by atoms with E-state index in [4.69, 9.17) is 10.5 Å². The van der Waals surface area contributed by atoms with Crippen LogP contribution in [-0.2, 0) is 9.53 Å². The van der Waals surface area contributed by atoms with E-state index in [-0.39, 0.29) is 12.5 Å². The number of anilines is 1. The molecule has 1 saturated heterocycles. The molecule has 82 valence electrons. The number of amides is 1. The van der Waals surface area contributed by atoms with Gasteiger partial charge in [-0.25, -0.2) is 4.98 Å². The van der Waals surface area contributed by atoms with Crippen molar-refractivity contribution in [2.24, 2.45) is 5.73 Å². The van der Waals surface area contributed by atoms with Crippen LogP contribution in [0.5, 0.6) is 0 Å². The number of aryl methyl sites for hydroxylation is 1. The third-order valence-electron chi connectivity index (χ3n) is 2.34. The van der Waals surface area contributed by atoms with Gasteiger partial charge in [-0.2, -0.15) is 0 Å². The molecule has 1 fully saturated rings. The Labute approximate surface area is 91.6 Å². The van der Waals surface area contributed by atoms with Gasteiger partial charge in [0.1, 0.15) is 5.54 Å². The average molecular weight is 227 g/mol. The largest absolute Gasteiger partial charge is 0.379 e. The van der Waals surface area contributed by atoms with Crippen LogP contribution in [-0.4, -0.2) is 29.6 Å². The van der Waals surface area contributed by atoms with Gasteiger partial charge in [0.2, 0.25) is 5.91 Å². The highest BCUT2D eigenvalue weighted by molar-refractivity contribution is 7.13. The van der Waals surface area contributed by atoms with Crippen molar-refractivity contribution in [1.82, 2.24) is 4.98 Å². The SMILES string of the molecule is Cc1csc(NC(=O)C2(N)CCOC2)n1. The van der Waals surface area contributed by atoms with Crippen molar-refractivity contribution in [3.8, 4) is 0 Å². The third-order valence-corrected chi connectivity index (χ3v) is 3.22. The summed E-state index contributed by atoms with van der Waals surface area (Å²) in [4.78, 5) is 15.9. The fourth-order valence-electron chi connectivity index (χ4n) is 1.39. The van der Waals surface area contributed by atoms with E-state index in [2.05, 4.69) is 10.3 Å². The summed E-state index contributed by atoms with van der Waals surface area (Å²) in [5.74, 6) is -0.214. The molecule has 0 spiro atoms. The van der Waals surface area contributed by atoms with Gasteiger partial charge in [0.25, 0.3) is 0 Å². The Balaban J connectivity index is 2.03. The van der Waals surface area contributed by atoms with Gasteiger partial charge in [-0.15, -0.1) is 11.3 Å². The number of hydrogen-bond donors (Lipinski definition) is 2. The molecule has 0 aliphatic carbocycles. The summed E-state index contributed by atoms with van der Waals surface area (Å²) in [6, 6.07) is 0. The van der Waals surface area contributed by atoms with Gasteiger partial charge in [-0.3, -0.25) is 4.79 Å². The number of nitrogens with zero attached hydrogens (tertiary/aromatic N) is 1. The van der Waals surface area contributed by atoms with E-state index in [1.54, 1.807) is 0 Å². The van der Waals surface area contributed by atoms with Gasteiger partial charge in [0.05, 0.1) is 12.3 Å². The Kier molecular flexibility index (Phi) is 2.72. The number of carbonyl (C=O) groups excluding carboxylic acids is 1. The van der Waals surface area contributed by atoms with Crippen LogP contribution in [0.1, 0.15) is 12.1 Å².